The zero-order chi connectivity index (χ0) is 20.1. The van der Waals surface area contributed by atoms with E-state index in [0.29, 0.717) is 33.8 Å². The van der Waals surface area contributed by atoms with Crippen LogP contribution in [0.4, 0.5) is 0 Å². The lowest BCUT2D eigenvalue weighted by atomic mass is 10.2. The maximum absolute atomic E-state index is 12.3. The van der Waals surface area contributed by atoms with E-state index in [2.05, 4.69) is 26.1 Å². The Morgan fingerprint density at radius 2 is 1.89 bits per heavy atom. The van der Waals surface area contributed by atoms with Gasteiger partial charge in [0.1, 0.15) is 6.61 Å². The van der Waals surface area contributed by atoms with Crippen molar-refractivity contribution in [1.29, 1.82) is 0 Å². The molecule has 0 fully saturated rings. The Morgan fingerprint density at radius 3 is 2.61 bits per heavy atom. The lowest BCUT2D eigenvalue weighted by molar-refractivity contribution is 0.102. The van der Waals surface area contributed by atoms with Crippen molar-refractivity contribution in [1.82, 2.24) is 14.8 Å². The lowest BCUT2D eigenvalue weighted by Gasteiger charge is -2.11. The van der Waals surface area contributed by atoms with Crippen LogP contribution in [0, 0.1) is 6.92 Å². The number of carbonyl (C=O) groups excluding carboxylic acids is 1. The molecular formula is C20H20BrN3O3S. The second-order valence-electron chi connectivity index (χ2n) is 6.12. The number of aromatic nitrogens is 3. The number of carbonyl (C=O) groups is 1. The molecular weight excluding hydrogens is 442 g/mol. The van der Waals surface area contributed by atoms with E-state index in [-0.39, 0.29) is 12.4 Å². The molecule has 0 N–H and O–H groups in total. The first-order chi connectivity index (χ1) is 13.5. The van der Waals surface area contributed by atoms with Gasteiger partial charge in [0.2, 0.25) is 0 Å². The van der Waals surface area contributed by atoms with Gasteiger partial charge in [-0.1, -0.05) is 45.9 Å². The summed E-state index contributed by atoms with van der Waals surface area (Å²) in [4.78, 5) is 12.3. The van der Waals surface area contributed by atoms with Crippen LogP contribution in [0.3, 0.4) is 0 Å². The Labute approximate surface area is 176 Å². The van der Waals surface area contributed by atoms with Crippen molar-refractivity contribution in [2.45, 2.75) is 18.7 Å². The fourth-order valence-corrected chi connectivity index (χ4v) is 3.57. The summed E-state index contributed by atoms with van der Waals surface area (Å²) in [7, 11) is 3.47. The summed E-state index contributed by atoms with van der Waals surface area (Å²) < 4.78 is 14.0. The zero-order valence-corrected chi connectivity index (χ0v) is 18.2. The van der Waals surface area contributed by atoms with Gasteiger partial charge in [0, 0.05) is 17.1 Å². The van der Waals surface area contributed by atoms with Crippen molar-refractivity contribution in [2.75, 3.05) is 12.9 Å². The minimum atomic E-state index is 0.0442. The summed E-state index contributed by atoms with van der Waals surface area (Å²) in [5.74, 6) is 2.33. The van der Waals surface area contributed by atoms with Gasteiger partial charge in [-0.2, -0.15) is 0 Å². The highest BCUT2D eigenvalue weighted by Gasteiger charge is 2.14. The molecule has 3 rings (SSSR count). The average molecular weight is 462 g/mol. The highest BCUT2D eigenvalue weighted by atomic mass is 79.9. The maximum Gasteiger partial charge on any atom is 0.191 e. The summed E-state index contributed by atoms with van der Waals surface area (Å²) in [6, 6.07) is 13.1. The molecule has 146 valence electrons. The largest absolute Gasteiger partial charge is 0.493 e. The van der Waals surface area contributed by atoms with Crippen LogP contribution in [0.5, 0.6) is 11.5 Å². The van der Waals surface area contributed by atoms with E-state index in [1.54, 1.807) is 19.2 Å². The molecule has 2 aromatic carbocycles. The number of rotatable bonds is 8. The van der Waals surface area contributed by atoms with Crippen LogP contribution in [0.25, 0.3) is 0 Å². The maximum atomic E-state index is 12.3. The molecule has 0 amide bonds. The first-order valence-corrected chi connectivity index (χ1v) is 10.3. The molecule has 0 radical (unpaired) electrons. The smallest absolute Gasteiger partial charge is 0.191 e. The van der Waals surface area contributed by atoms with Crippen LogP contribution >= 0.6 is 27.7 Å². The second-order valence-corrected chi connectivity index (χ2v) is 7.98. The van der Waals surface area contributed by atoms with E-state index < -0.39 is 0 Å². The van der Waals surface area contributed by atoms with Crippen molar-refractivity contribution in [3.05, 3.63) is 63.9 Å². The van der Waals surface area contributed by atoms with Crippen molar-refractivity contribution in [3.8, 4) is 11.5 Å². The summed E-state index contributed by atoms with van der Waals surface area (Å²) in [5, 5.41) is 9.01. The molecule has 0 aliphatic carbocycles. The van der Waals surface area contributed by atoms with E-state index in [9.17, 15) is 4.79 Å². The normalized spacial score (nSPS) is 10.7. The highest BCUT2D eigenvalue weighted by Crippen LogP contribution is 2.28. The molecule has 28 heavy (non-hydrogen) atoms. The Balaban J connectivity index is 1.61. The van der Waals surface area contributed by atoms with Crippen molar-refractivity contribution >= 4 is 33.5 Å². The number of hydrogen-bond acceptors (Lipinski definition) is 6. The van der Waals surface area contributed by atoms with E-state index in [0.717, 1.165) is 10.0 Å². The molecule has 1 aromatic heterocycles. The van der Waals surface area contributed by atoms with Gasteiger partial charge in [-0.05, 0) is 36.8 Å². The van der Waals surface area contributed by atoms with Gasteiger partial charge >= 0.3 is 0 Å². The number of benzene rings is 2. The minimum absolute atomic E-state index is 0.0442. The van der Waals surface area contributed by atoms with Crippen LogP contribution in [0.1, 0.15) is 21.7 Å². The molecule has 0 aliphatic rings. The summed E-state index contributed by atoms with van der Waals surface area (Å²) in [5.41, 5.74) is 1.77. The number of ether oxygens (including phenoxy) is 2. The van der Waals surface area contributed by atoms with Crippen molar-refractivity contribution < 1.29 is 14.3 Å². The van der Waals surface area contributed by atoms with Gasteiger partial charge in [0.25, 0.3) is 0 Å². The minimum Gasteiger partial charge on any atom is -0.493 e. The molecule has 8 heteroatoms. The number of aryl methyl sites for hydroxylation is 1. The molecule has 0 unspecified atom stereocenters. The van der Waals surface area contributed by atoms with Crippen LogP contribution in [0.2, 0.25) is 0 Å². The third kappa shape index (κ3) is 4.94. The Morgan fingerprint density at radius 1 is 1.14 bits per heavy atom. The van der Waals surface area contributed by atoms with Crippen LogP contribution in [0.15, 0.2) is 52.1 Å². The quantitative estimate of drug-likeness (QED) is 0.364. The Kier molecular flexibility index (Phi) is 6.74. The highest BCUT2D eigenvalue weighted by molar-refractivity contribution is 9.10. The number of Topliss-reactive ketones (excluding diaryl/α,β-unsaturated/α-hetero) is 1. The monoisotopic (exact) mass is 461 g/mol. The van der Waals surface area contributed by atoms with Crippen LogP contribution < -0.4 is 9.47 Å². The number of hydrogen-bond donors (Lipinski definition) is 0. The van der Waals surface area contributed by atoms with Crippen LogP contribution in [-0.4, -0.2) is 33.4 Å². The summed E-state index contributed by atoms with van der Waals surface area (Å²) >= 11 is 4.72. The van der Waals surface area contributed by atoms with Gasteiger partial charge < -0.3 is 14.0 Å². The topological polar surface area (TPSA) is 66.2 Å². The molecule has 0 saturated carbocycles. The fourth-order valence-electron chi connectivity index (χ4n) is 2.48. The van der Waals surface area contributed by atoms with E-state index in [1.165, 1.54) is 11.8 Å². The Bertz CT molecular complexity index is 973. The number of nitrogens with zero attached hydrogens (tertiary/aromatic N) is 3. The van der Waals surface area contributed by atoms with Gasteiger partial charge in [-0.15, -0.1) is 10.2 Å². The van der Waals surface area contributed by atoms with E-state index in [1.807, 2.05) is 48.9 Å². The third-order valence-corrected chi connectivity index (χ3v) is 5.65. The first kappa shape index (κ1) is 20.4. The van der Waals surface area contributed by atoms with Gasteiger partial charge in [0.15, 0.2) is 28.3 Å². The molecule has 6 nitrogen and oxygen atoms in total. The first-order valence-electron chi connectivity index (χ1n) is 8.55. The second kappa shape index (κ2) is 9.25. The molecule has 0 spiro atoms. The molecule has 0 aliphatic heterocycles. The number of thioether (sulfide) groups is 1. The Hall–Kier alpha value is -2.32. The number of ketones is 1. The molecule has 0 atom stereocenters. The standard InChI is InChI=1S/C20H20BrN3O3S/c1-13-4-9-17(18(10-13)26-3)27-11-19-22-23-20(24(19)2)28-12-16(25)14-5-7-15(21)8-6-14/h4-10H,11-12H2,1-3H3. The predicted molar refractivity (Wildman–Crippen MR) is 112 cm³/mol. The predicted octanol–water partition coefficient (Wildman–Crippen LogP) is 4.45. The lowest BCUT2D eigenvalue weighted by Crippen LogP contribution is -2.06. The fraction of sp³-hybridized carbons (Fsp3) is 0.250. The van der Waals surface area contributed by atoms with Gasteiger partial charge in [0.05, 0.1) is 12.9 Å². The van der Waals surface area contributed by atoms with E-state index >= 15 is 0 Å². The SMILES string of the molecule is COc1cc(C)ccc1OCc1nnc(SCC(=O)c2ccc(Br)cc2)n1C. The molecule has 3 aromatic rings. The van der Waals surface area contributed by atoms with E-state index in [4.69, 9.17) is 9.47 Å². The zero-order valence-electron chi connectivity index (χ0n) is 15.8. The number of methoxy groups -OCH3 is 1. The van der Waals surface area contributed by atoms with Gasteiger partial charge in [-0.25, -0.2) is 0 Å². The van der Waals surface area contributed by atoms with Crippen molar-refractivity contribution in [2.24, 2.45) is 7.05 Å². The number of halogens is 1. The summed E-state index contributed by atoms with van der Waals surface area (Å²) in [6.07, 6.45) is 0. The molecule has 0 saturated heterocycles. The van der Waals surface area contributed by atoms with Crippen LogP contribution in [-0.2, 0) is 13.7 Å². The van der Waals surface area contributed by atoms with Gasteiger partial charge in [-0.3, -0.25) is 4.79 Å². The molecule has 1 heterocycles. The average Bonchev–Trinajstić information content (AvgIpc) is 3.05. The summed E-state index contributed by atoms with van der Waals surface area (Å²) in [6.45, 7) is 2.25. The molecule has 0 bridgehead atoms. The third-order valence-electron chi connectivity index (χ3n) is 4.10. The van der Waals surface area contributed by atoms with Crippen molar-refractivity contribution in [3.63, 3.8) is 0 Å².